The van der Waals surface area contributed by atoms with Crippen molar-refractivity contribution in [2.75, 3.05) is 0 Å². The maximum atomic E-state index is 14.3. The maximum absolute atomic E-state index is 14.3. The van der Waals surface area contributed by atoms with E-state index in [4.69, 9.17) is 0 Å². The van der Waals surface area contributed by atoms with E-state index in [0.717, 1.165) is 0 Å². The van der Waals surface area contributed by atoms with Crippen LogP contribution in [-0.2, 0) is 11.2 Å². The number of hydrogen-bond acceptors (Lipinski definition) is 5. The van der Waals surface area contributed by atoms with Crippen molar-refractivity contribution in [1.29, 1.82) is 0 Å². The van der Waals surface area contributed by atoms with Crippen molar-refractivity contribution in [1.82, 2.24) is 24.5 Å². The molecule has 0 saturated carbocycles. The number of nitrogens with zero attached hydrogens (tertiary/aromatic N) is 4. The van der Waals surface area contributed by atoms with Gasteiger partial charge in [0.1, 0.15) is 17.2 Å². The second-order valence-corrected chi connectivity index (χ2v) is 9.37. The Bertz CT molecular complexity index is 1400. The van der Waals surface area contributed by atoms with E-state index >= 15 is 0 Å². The highest BCUT2D eigenvalue weighted by molar-refractivity contribution is 7.15. The van der Waals surface area contributed by atoms with E-state index in [9.17, 15) is 14.0 Å². The van der Waals surface area contributed by atoms with E-state index in [2.05, 4.69) is 15.4 Å². The predicted octanol–water partition coefficient (Wildman–Crippen LogP) is 4.07. The summed E-state index contributed by atoms with van der Waals surface area (Å²) in [6.45, 7) is 9.59. The summed E-state index contributed by atoms with van der Waals surface area (Å²) in [6.07, 6.45) is 0.0733. The van der Waals surface area contributed by atoms with Gasteiger partial charge in [-0.15, -0.1) is 11.3 Å². The normalized spacial score (nSPS) is 12.5. The van der Waals surface area contributed by atoms with Crippen LogP contribution in [0.4, 0.5) is 4.39 Å². The lowest BCUT2D eigenvalue weighted by Gasteiger charge is -2.17. The molecule has 4 aromatic rings. The van der Waals surface area contributed by atoms with E-state index < -0.39 is 5.82 Å². The maximum Gasteiger partial charge on any atom is 0.268 e. The molecule has 1 aromatic carbocycles. The first kappa shape index (κ1) is 22.8. The zero-order valence-electron chi connectivity index (χ0n) is 19.2. The van der Waals surface area contributed by atoms with Gasteiger partial charge in [0.25, 0.3) is 5.56 Å². The third kappa shape index (κ3) is 4.32. The van der Waals surface area contributed by atoms with Gasteiger partial charge in [-0.25, -0.2) is 14.1 Å². The number of para-hydroxylation sites is 1. The van der Waals surface area contributed by atoms with Crippen LogP contribution in [-0.4, -0.2) is 31.1 Å². The third-order valence-corrected chi connectivity index (χ3v) is 6.65. The molecule has 172 valence electrons. The number of carbonyl (C=O) groups excluding carboxylic acids is 1. The standard InChI is InChI=1S/C24H26FN5O2S/c1-13(2)15(4)26-21(31)11-17-12-33-24-27-16(5)22(23(32)29(17)24)19-10-14(3)30(28-19)20-9-7-6-8-18(20)25/h6-10,12-13,15H,11H2,1-5H3,(H,26,31)/t15-/m0/s1. The Morgan fingerprint density at radius 3 is 2.64 bits per heavy atom. The van der Waals surface area contributed by atoms with Crippen LogP contribution in [0.2, 0.25) is 0 Å². The molecule has 0 aliphatic heterocycles. The van der Waals surface area contributed by atoms with E-state index in [1.54, 1.807) is 43.5 Å². The summed E-state index contributed by atoms with van der Waals surface area (Å²) >= 11 is 1.32. The van der Waals surface area contributed by atoms with Crippen molar-refractivity contribution in [2.24, 2.45) is 5.92 Å². The Morgan fingerprint density at radius 2 is 1.94 bits per heavy atom. The van der Waals surface area contributed by atoms with Crippen molar-refractivity contribution in [3.8, 4) is 16.9 Å². The number of halogens is 1. The summed E-state index contributed by atoms with van der Waals surface area (Å²) in [4.78, 5) is 31.2. The van der Waals surface area contributed by atoms with Gasteiger partial charge in [-0.05, 0) is 44.9 Å². The minimum atomic E-state index is -0.404. The monoisotopic (exact) mass is 467 g/mol. The Balaban J connectivity index is 1.77. The van der Waals surface area contributed by atoms with Crippen molar-refractivity contribution in [3.05, 3.63) is 69.0 Å². The van der Waals surface area contributed by atoms with Crippen LogP contribution in [0.1, 0.15) is 37.9 Å². The zero-order valence-corrected chi connectivity index (χ0v) is 20.0. The van der Waals surface area contributed by atoms with Gasteiger partial charge in [-0.3, -0.25) is 14.0 Å². The average Bonchev–Trinajstić information content (AvgIpc) is 3.31. The van der Waals surface area contributed by atoms with Gasteiger partial charge in [0.2, 0.25) is 5.91 Å². The molecule has 4 rings (SSSR count). The topological polar surface area (TPSA) is 81.3 Å². The van der Waals surface area contributed by atoms with Gasteiger partial charge in [0.15, 0.2) is 4.96 Å². The van der Waals surface area contributed by atoms with Gasteiger partial charge in [-0.2, -0.15) is 5.10 Å². The molecule has 9 heteroatoms. The first-order valence-corrected chi connectivity index (χ1v) is 11.7. The number of amides is 1. The summed E-state index contributed by atoms with van der Waals surface area (Å²) in [5.41, 5.74) is 2.55. The lowest BCUT2D eigenvalue weighted by Crippen LogP contribution is -2.37. The van der Waals surface area contributed by atoms with Crippen LogP contribution in [0.25, 0.3) is 21.9 Å². The fraction of sp³-hybridized carbons (Fsp3) is 0.333. The highest BCUT2D eigenvalue weighted by atomic mass is 32.1. The summed E-state index contributed by atoms with van der Waals surface area (Å²) in [6, 6.07) is 8.12. The third-order valence-electron chi connectivity index (χ3n) is 5.78. The molecule has 1 amide bonds. The largest absolute Gasteiger partial charge is 0.353 e. The van der Waals surface area contributed by atoms with E-state index in [1.165, 1.54) is 26.5 Å². The highest BCUT2D eigenvalue weighted by Gasteiger charge is 2.21. The minimum Gasteiger partial charge on any atom is -0.353 e. The molecular weight excluding hydrogens is 441 g/mol. The number of carbonyl (C=O) groups is 1. The van der Waals surface area contributed by atoms with Gasteiger partial charge in [-0.1, -0.05) is 26.0 Å². The van der Waals surface area contributed by atoms with E-state index in [1.807, 2.05) is 20.8 Å². The lowest BCUT2D eigenvalue weighted by molar-refractivity contribution is -0.121. The fourth-order valence-electron chi connectivity index (χ4n) is 3.62. The smallest absolute Gasteiger partial charge is 0.268 e. The van der Waals surface area contributed by atoms with E-state index in [0.29, 0.717) is 44.9 Å². The molecule has 0 unspecified atom stereocenters. The predicted molar refractivity (Wildman–Crippen MR) is 127 cm³/mol. The van der Waals surface area contributed by atoms with Crippen LogP contribution in [0.5, 0.6) is 0 Å². The molecule has 0 saturated heterocycles. The molecule has 0 aliphatic carbocycles. The number of fused-ring (bicyclic) bond motifs is 1. The van der Waals surface area contributed by atoms with Gasteiger partial charge in [0, 0.05) is 22.8 Å². The number of aryl methyl sites for hydroxylation is 2. The second kappa shape index (κ2) is 8.90. The SMILES string of the molecule is Cc1nc2scc(CC(=O)N[C@@H](C)C(C)C)n2c(=O)c1-c1cc(C)n(-c2ccccc2F)n1. The number of thiazole rings is 1. The Morgan fingerprint density at radius 1 is 1.21 bits per heavy atom. The molecule has 0 radical (unpaired) electrons. The molecule has 3 aromatic heterocycles. The van der Waals surface area contributed by atoms with Crippen molar-refractivity contribution in [3.63, 3.8) is 0 Å². The molecule has 0 aliphatic rings. The highest BCUT2D eigenvalue weighted by Crippen LogP contribution is 2.24. The molecule has 0 bridgehead atoms. The molecule has 1 N–H and O–H groups in total. The van der Waals surface area contributed by atoms with E-state index in [-0.39, 0.29) is 23.9 Å². The van der Waals surface area contributed by atoms with Crippen LogP contribution in [0.3, 0.4) is 0 Å². The van der Waals surface area contributed by atoms with Crippen molar-refractivity contribution < 1.29 is 9.18 Å². The lowest BCUT2D eigenvalue weighted by atomic mass is 10.1. The zero-order chi connectivity index (χ0) is 23.9. The summed E-state index contributed by atoms with van der Waals surface area (Å²) < 4.78 is 17.3. The Labute approximate surface area is 194 Å². The first-order chi connectivity index (χ1) is 15.7. The molecule has 0 fully saturated rings. The molecule has 0 spiro atoms. The second-order valence-electron chi connectivity index (χ2n) is 8.53. The van der Waals surface area contributed by atoms with Crippen LogP contribution < -0.4 is 10.9 Å². The van der Waals surface area contributed by atoms with Crippen LogP contribution in [0, 0.1) is 25.6 Å². The fourth-order valence-corrected chi connectivity index (χ4v) is 4.55. The van der Waals surface area contributed by atoms with Crippen molar-refractivity contribution in [2.45, 2.75) is 47.1 Å². The number of benzene rings is 1. The molecule has 3 heterocycles. The molecule has 33 heavy (non-hydrogen) atoms. The average molecular weight is 468 g/mol. The number of hydrogen-bond donors (Lipinski definition) is 1. The Hall–Kier alpha value is -3.33. The van der Waals surface area contributed by atoms with Gasteiger partial charge in [0.05, 0.1) is 17.7 Å². The van der Waals surface area contributed by atoms with Crippen LogP contribution >= 0.6 is 11.3 Å². The summed E-state index contributed by atoms with van der Waals surface area (Å²) in [5.74, 6) is -0.247. The summed E-state index contributed by atoms with van der Waals surface area (Å²) in [7, 11) is 0. The number of aromatic nitrogens is 4. The first-order valence-electron chi connectivity index (χ1n) is 10.8. The van der Waals surface area contributed by atoms with Crippen LogP contribution in [0.15, 0.2) is 40.5 Å². The number of nitrogens with one attached hydrogen (secondary N) is 1. The van der Waals surface area contributed by atoms with Gasteiger partial charge < -0.3 is 5.32 Å². The molecular formula is C24H26FN5O2S. The van der Waals surface area contributed by atoms with Crippen molar-refractivity contribution >= 4 is 22.2 Å². The molecule has 1 atom stereocenters. The van der Waals surface area contributed by atoms with Gasteiger partial charge >= 0.3 is 0 Å². The quantitative estimate of drug-likeness (QED) is 0.464. The summed E-state index contributed by atoms with van der Waals surface area (Å²) in [5, 5.41) is 9.28. The molecule has 7 nitrogen and oxygen atoms in total. The Kier molecular flexibility index (Phi) is 6.16. The number of rotatable bonds is 6. The minimum absolute atomic E-state index is 0.0281.